The van der Waals surface area contributed by atoms with Gasteiger partial charge in [-0.2, -0.15) is 0 Å². The Hall–Kier alpha value is -4.97. The number of hydrogen-bond acceptors (Lipinski definition) is 5. The summed E-state index contributed by atoms with van der Waals surface area (Å²) in [7, 11) is 0. The minimum Gasteiger partial charge on any atom is -0.436 e. The molecule has 3 aromatic heterocycles. The largest absolute Gasteiger partial charge is 0.436 e. The number of benzene rings is 6. The van der Waals surface area contributed by atoms with Crippen LogP contribution in [0.5, 0.6) is 0 Å². The van der Waals surface area contributed by atoms with Gasteiger partial charge in [0, 0.05) is 52.6 Å². The Labute approximate surface area is 249 Å². The molecule has 9 aromatic rings. The minimum atomic E-state index is 0.653. The van der Waals surface area contributed by atoms with Gasteiger partial charge in [0.15, 0.2) is 5.58 Å². The van der Waals surface area contributed by atoms with Crippen molar-refractivity contribution in [2.75, 3.05) is 4.90 Å². The molecule has 0 fully saturated rings. The molecule has 0 aliphatic carbocycles. The maximum Gasteiger partial charge on any atom is 0.227 e. The average Bonchev–Trinajstić information content (AvgIpc) is 3.74. The smallest absolute Gasteiger partial charge is 0.227 e. The summed E-state index contributed by atoms with van der Waals surface area (Å²) in [5.41, 5.74) is 6.11. The van der Waals surface area contributed by atoms with Crippen molar-refractivity contribution in [1.82, 2.24) is 4.98 Å². The third-order valence-corrected chi connectivity index (χ3v) is 10.2. The molecule has 0 saturated heterocycles. The zero-order valence-corrected chi connectivity index (χ0v) is 24.0. The molecule has 0 atom stereocenters. The van der Waals surface area contributed by atoms with Gasteiger partial charge in [-0.15, -0.1) is 22.7 Å². The molecule has 0 saturated carbocycles. The Morgan fingerprint density at radius 3 is 2.14 bits per heavy atom. The van der Waals surface area contributed by atoms with Crippen molar-refractivity contribution >= 4 is 91.2 Å². The summed E-state index contributed by atoms with van der Waals surface area (Å²) in [6.45, 7) is 0. The lowest BCUT2D eigenvalue weighted by Crippen LogP contribution is -2.09. The van der Waals surface area contributed by atoms with Crippen molar-refractivity contribution in [2.24, 2.45) is 0 Å². The second kappa shape index (κ2) is 9.28. The monoisotopic (exact) mass is 574 g/mol. The Kier molecular flexibility index (Phi) is 5.24. The van der Waals surface area contributed by atoms with Crippen LogP contribution in [0.3, 0.4) is 0 Å². The number of aromatic nitrogens is 1. The van der Waals surface area contributed by atoms with E-state index in [2.05, 4.69) is 108 Å². The standard InChI is InChI=1S/C37H22N2OS2/c1-3-10-23(11-4-1)37-38-30-22-35-29(21-32(30)40-37)28-15-9-16-31(36(28)42-35)39(24-12-5-2-6-13-24)25-18-19-27-26-14-7-8-17-33(26)41-34(27)20-25/h1-22H. The van der Waals surface area contributed by atoms with Crippen LogP contribution in [0, 0.1) is 0 Å². The van der Waals surface area contributed by atoms with Gasteiger partial charge in [0.2, 0.25) is 5.89 Å². The molecule has 0 spiro atoms. The number of thiophene rings is 2. The fourth-order valence-electron chi connectivity index (χ4n) is 5.94. The summed E-state index contributed by atoms with van der Waals surface area (Å²) < 4.78 is 11.3. The maximum atomic E-state index is 6.25. The molecule has 0 aliphatic rings. The first-order chi connectivity index (χ1) is 20.8. The fraction of sp³-hybridized carbons (Fsp3) is 0. The Morgan fingerprint density at radius 2 is 1.26 bits per heavy atom. The highest BCUT2D eigenvalue weighted by atomic mass is 32.1. The van der Waals surface area contributed by atoms with E-state index in [-0.39, 0.29) is 0 Å². The Bertz CT molecular complexity index is 2420. The topological polar surface area (TPSA) is 29.3 Å². The average molecular weight is 575 g/mol. The lowest BCUT2D eigenvalue weighted by atomic mass is 10.1. The van der Waals surface area contributed by atoms with Gasteiger partial charge < -0.3 is 9.32 Å². The van der Waals surface area contributed by atoms with E-state index in [0.717, 1.165) is 33.7 Å². The van der Waals surface area contributed by atoms with Crippen LogP contribution in [0.1, 0.15) is 0 Å². The van der Waals surface area contributed by atoms with Crippen LogP contribution in [0.4, 0.5) is 17.1 Å². The predicted molar refractivity (Wildman–Crippen MR) is 180 cm³/mol. The zero-order chi connectivity index (χ0) is 27.6. The van der Waals surface area contributed by atoms with Crippen LogP contribution in [-0.4, -0.2) is 4.98 Å². The van der Waals surface area contributed by atoms with Crippen LogP contribution >= 0.6 is 22.7 Å². The first-order valence-corrected chi connectivity index (χ1v) is 15.5. The molecule has 0 aliphatic heterocycles. The third kappa shape index (κ3) is 3.68. The van der Waals surface area contributed by atoms with Crippen LogP contribution in [0.2, 0.25) is 0 Å². The summed E-state index contributed by atoms with van der Waals surface area (Å²) in [6.07, 6.45) is 0. The second-order valence-electron chi connectivity index (χ2n) is 10.4. The fourth-order valence-corrected chi connectivity index (χ4v) is 8.30. The summed E-state index contributed by atoms with van der Waals surface area (Å²) in [6, 6.07) is 47.2. The van der Waals surface area contributed by atoms with E-state index in [1.165, 1.54) is 40.3 Å². The van der Waals surface area contributed by atoms with Crippen LogP contribution in [0.25, 0.3) is 62.9 Å². The van der Waals surface area contributed by atoms with Gasteiger partial charge in [-0.25, -0.2) is 4.98 Å². The first-order valence-electron chi connectivity index (χ1n) is 13.9. The lowest BCUT2D eigenvalue weighted by molar-refractivity contribution is 0.620. The molecule has 0 N–H and O–H groups in total. The molecule has 0 unspecified atom stereocenters. The van der Waals surface area contributed by atoms with Gasteiger partial charge in [-0.3, -0.25) is 0 Å². The van der Waals surface area contributed by atoms with E-state index in [1.54, 1.807) is 0 Å². The summed E-state index contributed by atoms with van der Waals surface area (Å²) in [4.78, 5) is 7.22. The van der Waals surface area contributed by atoms with Gasteiger partial charge in [0.1, 0.15) is 5.52 Å². The van der Waals surface area contributed by atoms with E-state index in [9.17, 15) is 0 Å². The van der Waals surface area contributed by atoms with Crippen LogP contribution < -0.4 is 4.90 Å². The van der Waals surface area contributed by atoms with Gasteiger partial charge in [0.25, 0.3) is 0 Å². The molecule has 3 nitrogen and oxygen atoms in total. The molecule has 5 heteroatoms. The molecule has 42 heavy (non-hydrogen) atoms. The summed E-state index contributed by atoms with van der Waals surface area (Å²) in [5.74, 6) is 0.653. The SMILES string of the molecule is c1ccc(-c2nc3cc4sc5c(N(c6ccccc6)c6ccc7c(c6)sc6ccccc67)cccc5c4cc3o2)cc1. The van der Waals surface area contributed by atoms with Crippen molar-refractivity contribution in [3.8, 4) is 11.5 Å². The number of nitrogens with zero attached hydrogens (tertiary/aromatic N) is 2. The van der Waals surface area contributed by atoms with Gasteiger partial charge in [-0.1, -0.05) is 72.8 Å². The highest BCUT2D eigenvalue weighted by Gasteiger charge is 2.20. The highest BCUT2D eigenvalue weighted by molar-refractivity contribution is 7.26. The van der Waals surface area contributed by atoms with Crippen molar-refractivity contribution in [3.63, 3.8) is 0 Å². The van der Waals surface area contributed by atoms with E-state index in [0.29, 0.717) is 5.89 Å². The Balaban J connectivity index is 1.25. The number of oxazole rings is 1. The van der Waals surface area contributed by atoms with E-state index in [1.807, 2.05) is 53.0 Å². The molecular formula is C37H22N2OS2. The molecule has 0 bridgehead atoms. The van der Waals surface area contributed by atoms with Gasteiger partial charge in [0.05, 0.1) is 10.4 Å². The van der Waals surface area contributed by atoms with Crippen molar-refractivity contribution in [1.29, 1.82) is 0 Å². The zero-order valence-electron chi connectivity index (χ0n) is 22.3. The minimum absolute atomic E-state index is 0.653. The van der Waals surface area contributed by atoms with E-state index < -0.39 is 0 Å². The van der Waals surface area contributed by atoms with Crippen LogP contribution in [-0.2, 0) is 0 Å². The maximum absolute atomic E-state index is 6.25. The second-order valence-corrected chi connectivity index (χ2v) is 12.5. The molecule has 3 heterocycles. The summed E-state index contributed by atoms with van der Waals surface area (Å²) in [5, 5.41) is 5.02. The molecular weight excluding hydrogens is 553 g/mol. The molecule has 198 valence electrons. The number of rotatable bonds is 4. The number of hydrogen-bond donors (Lipinski definition) is 0. The van der Waals surface area contributed by atoms with E-state index in [4.69, 9.17) is 9.40 Å². The van der Waals surface area contributed by atoms with Gasteiger partial charge >= 0.3 is 0 Å². The molecule has 9 rings (SSSR count). The highest BCUT2D eigenvalue weighted by Crippen LogP contribution is 2.47. The van der Waals surface area contributed by atoms with Gasteiger partial charge in [-0.05, 0) is 60.7 Å². The van der Waals surface area contributed by atoms with Crippen molar-refractivity contribution < 1.29 is 4.42 Å². The molecule has 6 aromatic carbocycles. The normalized spacial score (nSPS) is 11.8. The predicted octanol–water partition coefficient (Wildman–Crippen LogP) is 11.7. The van der Waals surface area contributed by atoms with Crippen molar-refractivity contribution in [2.45, 2.75) is 0 Å². The summed E-state index contributed by atoms with van der Waals surface area (Å²) >= 11 is 3.66. The lowest BCUT2D eigenvalue weighted by Gasteiger charge is -2.26. The number of anilines is 3. The Morgan fingerprint density at radius 1 is 0.524 bits per heavy atom. The quantitative estimate of drug-likeness (QED) is 0.209. The molecule has 0 amide bonds. The van der Waals surface area contributed by atoms with Crippen LogP contribution in [0.15, 0.2) is 138 Å². The first kappa shape index (κ1) is 23.7. The number of fused-ring (bicyclic) bond motifs is 7. The number of para-hydroxylation sites is 1. The third-order valence-electron chi connectivity index (χ3n) is 7.88. The molecule has 0 radical (unpaired) electrons. The van der Waals surface area contributed by atoms with E-state index >= 15 is 0 Å². The van der Waals surface area contributed by atoms with Crippen molar-refractivity contribution in [3.05, 3.63) is 133 Å².